The fourth-order valence-corrected chi connectivity index (χ4v) is 9.84. The summed E-state index contributed by atoms with van der Waals surface area (Å²) in [6, 6.07) is 71.4. The van der Waals surface area contributed by atoms with Gasteiger partial charge in [0.15, 0.2) is 0 Å². The lowest BCUT2D eigenvalue weighted by molar-refractivity contribution is 0.669. The highest BCUT2D eigenvalue weighted by atomic mass is 16.3. The molecule has 14 rings (SSSR count). The molecule has 0 radical (unpaired) electrons. The maximum Gasteiger partial charge on any atom is 0.144 e. The minimum Gasteiger partial charge on any atom is -0.455 e. The van der Waals surface area contributed by atoms with Crippen LogP contribution in [-0.4, -0.2) is 19.9 Å². The van der Waals surface area contributed by atoms with Gasteiger partial charge in [0.05, 0.1) is 44.8 Å². The van der Waals surface area contributed by atoms with Gasteiger partial charge in [-0.3, -0.25) is 0 Å². The highest BCUT2D eigenvalue weighted by Crippen LogP contribution is 2.41. The van der Waals surface area contributed by atoms with E-state index in [1.54, 1.807) is 0 Å². The third-order valence-corrected chi connectivity index (χ3v) is 13.1. The summed E-state index contributed by atoms with van der Waals surface area (Å²) in [5.41, 5.74) is 16.2. The van der Waals surface area contributed by atoms with E-state index in [-0.39, 0.29) is 0 Å². The van der Waals surface area contributed by atoms with Gasteiger partial charge in [-0.1, -0.05) is 152 Å². The fraction of sp³-hybridized carbons (Fsp3) is 0. The first-order chi connectivity index (χ1) is 32.7. The molecule has 0 saturated heterocycles. The Kier molecular flexibility index (Phi) is 7.88. The quantitative estimate of drug-likeness (QED) is 0.161. The van der Waals surface area contributed by atoms with Gasteiger partial charge in [-0.15, -0.1) is 0 Å². The monoisotopic (exact) mass is 842 g/mol. The van der Waals surface area contributed by atoms with Gasteiger partial charge in [0.25, 0.3) is 0 Å². The molecule has 0 bridgehead atoms. The van der Waals surface area contributed by atoms with Crippen LogP contribution in [0.4, 0.5) is 0 Å². The summed E-state index contributed by atoms with van der Waals surface area (Å²) in [6.45, 7) is 0. The number of para-hydroxylation sites is 4. The maximum absolute atomic E-state index is 6.53. The van der Waals surface area contributed by atoms with Crippen LogP contribution in [0, 0.1) is 0 Å². The standard InChI is InChI=1S/C60H34N4O2/c1-2-11-35(12-3-1)48-34-52(47-20-10-18-45-42-16-5-7-22-54(42)66-60(45)47)64-58-43(48)29-25-38-27-31-50(62-57(38)58)40-14-8-13-39(33-40)49-30-26-36-23-24-37-28-32-51(63-56(37)55(36)61-49)46-19-9-17-44-41-15-4-6-21-53(41)65-59(44)46/h1-34H. The van der Waals surface area contributed by atoms with Crippen LogP contribution in [0.3, 0.4) is 0 Å². The van der Waals surface area contributed by atoms with Crippen LogP contribution in [0.25, 0.3) is 144 Å². The van der Waals surface area contributed by atoms with Crippen LogP contribution in [0.1, 0.15) is 0 Å². The van der Waals surface area contributed by atoms with Gasteiger partial charge in [-0.25, -0.2) is 19.9 Å². The van der Waals surface area contributed by atoms with Crippen LogP contribution in [0.2, 0.25) is 0 Å². The summed E-state index contributed by atoms with van der Waals surface area (Å²) in [5, 5.41) is 8.42. The second-order valence-electron chi connectivity index (χ2n) is 16.9. The van der Waals surface area contributed by atoms with Gasteiger partial charge in [0.2, 0.25) is 0 Å². The number of rotatable bonds is 5. The predicted molar refractivity (Wildman–Crippen MR) is 269 cm³/mol. The highest BCUT2D eigenvalue weighted by molar-refractivity contribution is 6.13. The summed E-state index contributed by atoms with van der Waals surface area (Å²) in [6.07, 6.45) is 0. The number of benzene rings is 8. The summed E-state index contributed by atoms with van der Waals surface area (Å²) in [5.74, 6) is 0. The maximum atomic E-state index is 6.53. The predicted octanol–water partition coefficient (Wildman–Crippen LogP) is 16.0. The third kappa shape index (κ3) is 5.68. The Bertz CT molecular complexity index is 4300. The Hall–Kier alpha value is -9.00. The smallest absolute Gasteiger partial charge is 0.144 e. The van der Waals surface area contributed by atoms with Crippen molar-refractivity contribution in [3.63, 3.8) is 0 Å². The van der Waals surface area contributed by atoms with E-state index in [0.29, 0.717) is 0 Å². The molecule has 0 spiro atoms. The SMILES string of the molecule is c1ccc(-c2cc(-c3cccc4c3oc3ccccc34)nc3c2ccc2ccc(-c4cccc(-c5ccc6ccc7ccc(-c8cccc9c8oc8ccccc89)nc7c6n5)c4)nc23)cc1. The normalized spacial score (nSPS) is 11.9. The van der Waals surface area contributed by atoms with Crippen LogP contribution >= 0.6 is 0 Å². The lowest BCUT2D eigenvalue weighted by atomic mass is 9.96. The molecule has 0 amide bonds. The molecule has 6 nitrogen and oxygen atoms in total. The van der Waals surface area contributed by atoms with Gasteiger partial charge in [-0.2, -0.15) is 0 Å². The number of furan rings is 2. The molecule has 14 aromatic rings. The van der Waals surface area contributed by atoms with E-state index in [2.05, 4.69) is 170 Å². The van der Waals surface area contributed by atoms with Crippen LogP contribution in [-0.2, 0) is 0 Å². The van der Waals surface area contributed by atoms with Crippen molar-refractivity contribution >= 4 is 87.5 Å². The third-order valence-electron chi connectivity index (χ3n) is 13.1. The molecule has 6 aromatic heterocycles. The number of nitrogens with zero attached hydrogens (tertiary/aromatic N) is 4. The van der Waals surface area contributed by atoms with Crippen LogP contribution in [0.15, 0.2) is 215 Å². The molecule has 0 fully saturated rings. The molecule has 6 heterocycles. The Balaban J connectivity index is 0.900. The first kappa shape index (κ1) is 36.5. The summed E-state index contributed by atoms with van der Waals surface area (Å²) in [7, 11) is 0. The molecule has 0 aliphatic carbocycles. The average Bonchev–Trinajstić information content (AvgIpc) is 3.97. The van der Waals surface area contributed by atoms with Crippen molar-refractivity contribution in [2.75, 3.05) is 0 Å². The molecule has 306 valence electrons. The Labute approximate surface area is 377 Å². The lowest BCUT2D eigenvalue weighted by Gasteiger charge is -2.13. The van der Waals surface area contributed by atoms with Crippen LogP contribution in [0.5, 0.6) is 0 Å². The van der Waals surface area contributed by atoms with E-state index in [4.69, 9.17) is 28.8 Å². The van der Waals surface area contributed by atoms with Crippen molar-refractivity contribution in [3.05, 3.63) is 206 Å². The topological polar surface area (TPSA) is 77.8 Å². The zero-order chi connectivity index (χ0) is 43.3. The molecule has 0 N–H and O–H groups in total. The zero-order valence-electron chi connectivity index (χ0n) is 35.2. The molecular weight excluding hydrogens is 809 g/mol. The number of hydrogen-bond acceptors (Lipinski definition) is 6. The first-order valence-electron chi connectivity index (χ1n) is 22.1. The molecule has 0 aliphatic rings. The second-order valence-corrected chi connectivity index (χ2v) is 16.9. The number of pyridine rings is 4. The van der Waals surface area contributed by atoms with Crippen molar-refractivity contribution < 1.29 is 8.83 Å². The molecule has 0 atom stereocenters. The van der Waals surface area contributed by atoms with Crippen molar-refractivity contribution in [2.24, 2.45) is 0 Å². The Morgan fingerprint density at radius 2 is 0.697 bits per heavy atom. The van der Waals surface area contributed by atoms with Gasteiger partial charge in [-0.05, 0) is 65.7 Å². The van der Waals surface area contributed by atoms with E-state index in [0.717, 1.165) is 144 Å². The largest absolute Gasteiger partial charge is 0.455 e. The van der Waals surface area contributed by atoms with Crippen LogP contribution < -0.4 is 0 Å². The number of fused-ring (bicyclic) bond motifs is 12. The summed E-state index contributed by atoms with van der Waals surface area (Å²) in [4.78, 5) is 21.5. The molecule has 0 aliphatic heterocycles. The first-order valence-corrected chi connectivity index (χ1v) is 22.1. The average molecular weight is 843 g/mol. The van der Waals surface area contributed by atoms with Gasteiger partial charge in [0.1, 0.15) is 22.3 Å². The van der Waals surface area contributed by atoms with Gasteiger partial charge >= 0.3 is 0 Å². The second kappa shape index (κ2) is 14.3. The Morgan fingerprint density at radius 3 is 1.32 bits per heavy atom. The fourth-order valence-electron chi connectivity index (χ4n) is 9.84. The molecule has 0 unspecified atom stereocenters. The summed E-state index contributed by atoms with van der Waals surface area (Å²) < 4.78 is 12.9. The van der Waals surface area contributed by atoms with Crippen molar-refractivity contribution in [1.29, 1.82) is 0 Å². The molecule has 6 heteroatoms. The van der Waals surface area contributed by atoms with Crippen molar-refractivity contribution in [3.8, 4) is 56.2 Å². The molecule has 0 saturated carbocycles. The minimum absolute atomic E-state index is 0.821. The lowest BCUT2D eigenvalue weighted by Crippen LogP contribution is -1.94. The van der Waals surface area contributed by atoms with E-state index < -0.39 is 0 Å². The number of aromatic nitrogens is 4. The van der Waals surface area contributed by atoms with Gasteiger partial charge in [0, 0.05) is 65.3 Å². The van der Waals surface area contributed by atoms with E-state index in [9.17, 15) is 0 Å². The van der Waals surface area contributed by atoms with Crippen molar-refractivity contribution in [2.45, 2.75) is 0 Å². The summed E-state index contributed by atoms with van der Waals surface area (Å²) >= 11 is 0. The molecule has 66 heavy (non-hydrogen) atoms. The van der Waals surface area contributed by atoms with Gasteiger partial charge < -0.3 is 8.83 Å². The van der Waals surface area contributed by atoms with E-state index in [1.165, 1.54) is 0 Å². The Morgan fingerprint density at radius 1 is 0.258 bits per heavy atom. The van der Waals surface area contributed by atoms with E-state index >= 15 is 0 Å². The van der Waals surface area contributed by atoms with Crippen molar-refractivity contribution in [1.82, 2.24) is 19.9 Å². The highest BCUT2D eigenvalue weighted by Gasteiger charge is 2.19. The van der Waals surface area contributed by atoms with E-state index in [1.807, 2.05) is 36.4 Å². The molecule has 8 aromatic carbocycles. The molecular formula is C60H34N4O2. The number of hydrogen-bond donors (Lipinski definition) is 0. The zero-order valence-corrected chi connectivity index (χ0v) is 35.2. The minimum atomic E-state index is 0.821.